The van der Waals surface area contributed by atoms with E-state index in [0.29, 0.717) is 23.6 Å². The van der Waals surface area contributed by atoms with Gasteiger partial charge < -0.3 is 10.0 Å². The van der Waals surface area contributed by atoms with Gasteiger partial charge in [0.15, 0.2) is 0 Å². The van der Waals surface area contributed by atoms with Gasteiger partial charge in [0.05, 0.1) is 12.2 Å². The lowest BCUT2D eigenvalue weighted by molar-refractivity contribution is 0.0780. The molecule has 1 aromatic heterocycles. The maximum Gasteiger partial charge on any atom is 0.273 e. The number of rotatable bonds is 4. The van der Waals surface area contributed by atoms with Gasteiger partial charge in [-0.2, -0.15) is 0 Å². The molecule has 0 bridgehead atoms. The maximum absolute atomic E-state index is 12.6. The number of aromatic nitrogens is 1. The van der Waals surface area contributed by atoms with Gasteiger partial charge in [0.25, 0.3) is 5.91 Å². The van der Waals surface area contributed by atoms with E-state index in [9.17, 15) is 4.79 Å². The van der Waals surface area contributed by atoms with Gasteiger partial charge in [-0.25, -0.2) is 4.98 Å². The zero-order valence-electron chi connectivity index (χ0n) is 12.5. The van der Waals surface area contributed by atoms with Crippen LogP contribution in [0.1, 0.15) is 48.7 Å². The number of amides is 1. The SMILES string of the molecule is CCCC1CCN(C(=O)c2ncccc2C#CCCO)C1. The number of carbonyl (C=O) groups excluding carboxylic acids is 1. The second-order valence-corrected chi connectivity index (χ2v) is 5.37. The Balaban J connectivity index is 2.11. The smallest absolute Gasteiger partial charge is 0.273 e. The average Bonchev–Trinajstić information content (AvgIpc) is 2.96. The van der Waals surface area contributed by atoms with Crippen LogP contribution >= 0.6 is 0 Å². The number of nitrogens with zero attached hydrogens (tertiary/aromatic N) is 2. The Labute approximate surface area is 126 Å². The van der Waals surface area contributed by atoms with E-state index in [0.717, 1.165) is 25.9 Å². The number of likely N-dealkylation sites (tertiary alicyclic amines) is 1. The summed E-state index contributed by atoms with van der Waals surface area (Å²) in [6.07, 6.45) is 5.45. The number of hydrogen-bond acceptors (Lipinski definition) is 3. The third-order valence-electron chi connectivity index (χ3n) is 3.74. The highest BCUT2D eigenvalue weighted by Gasteiger charge is 2.27. The van der Waals surface area contributed by atoms with E-state index in [-0.39, 0.29) is 12.5 Å². The molecule has 0 saturated carbocycles. The number of pyridine rings is 1. The van der Waals surface area contributed by atoms with E-state index < -0.39 is 0 Å². The summed E-state index contributed by atoms with van der Waals surface area (Å²) in [6, 6.07) is 3.59. The van der Waals surface area contributed by atoms with E-state index in [4.69, 9.17) is 5.11 Å². The summed E-state index contributed by atoms with van der Waals surface area (Å²) in [7, 11) is 0. The lowest BCUT2D eigenvalue weighted by Crippen LogP contribution is -2.30. The van der Waals surface area contributed by atoms with E-state index in [1.807, 2.05) is 11.0 Å². The van der Waals surface area contributed by atoms with Crippen LogP contribution in [0.4, 0.5) is 0 Å². The summed E-state index contributed by atoms with van der Waals surface area (Å²) < 4.78 is 0. The topological polar surface area (TPSA) is 53.4 Å². The molecular weight excluding hydrogens is 264 g/mol. The molecule has 2 rings (SSSR count). The minimum atomic E-state index is -0.0255. The Morgan fingerprint density at radius 2 is 2.43 bits per heavy atom. The Morgan fingerprint density at radius 1 is 1.57 bits per heavy atom. The van der Waals surface area contributed by atoms with Gasteiger partial charge in [0, 0.05) is 25.7 Å². The Bertz CT molecular complexity index is 545. The number of carbonyl (C=O) groups is 1. The molecule has 0 aromatic carbocycles. The predicted octanol–water partition coefficient (Wildman–Crippen LogP) is 2.08. The van der Waals surface area contributed by atoms with Crippen molar-refractivity contribution in [2.75, 3.05) is 19.7 Å². The van der Waals surface area contributed by atoms with Crippen LogP contribution in [-0.4, -0.2) is 40.6 Å². The highest BCUT2D eigenvalue weighted by molar-refractivity contribution is 5.94. The third kappa shape index (κ3) is 4.05. The maximum atomic E-state index is 12.6. The van der Waals surface area contributed by atoms with Gasteiger partial charge >= 0.3 is 0 Å². The fourth-order valence-electron chi connectivity index (χ4n) is 2.70. The molecule has 1 amide bonds. The van der Waals surface area contributed by atoms with Crippen LogP contribution in [0.3, 0.4) is 0 Å². The van der Waals surface area contributed by atoms with Crippen molar-refractivity contribution in [3.63, 3.8) is 0 Å². The van der Waals surface area contributed by atoms with Crippen LogP contribution in [-0.2, 0) is 0 Å². The first-order valence-corrected chi connectivity index (χ1v) is 7.60. The fraction of sp³-hybridized carbons (Fsp3) is 0.529. The molecule has 112 valence electrons. The predicted molar refractivity (Wildman–Crippen MR) is 81.7 cm³/mol. The lowest BCUT2D eigenvalue weighted by Gasteiger charge is -2.16. The molecule has 0 radical (unpaired) electrons. The summed E-state index contributed by atoms with van der Waals surface area (Å²) in [5.41, 5.74) is 1.08. The van der Waals surface area contributed by atoms with Crippen molar-refractivity contribution < 1.29 is 9.90 Å². The molecular formula is C17H22N2O2. The lowest BCUT2D eigenvalue weighted by atomic mass is 10.0. The molecule has 1 fully saturated rings. The Kier molecular flexibility index (Phi) is 5.77. The van der Waals surface area contributed by atoms with Crippen LogP contribution in [0.2, 0.25) is 0 Å². The zero-order valence-corrected chi connectivity index (χ0v) is 12.5. The highest BCUT2D eigenvalue weighted by atomic mass is 16.2. The molecule has 4 heteroatoms. The largest absolute Gasteiger partial charge is 0.395 e. The molecule has 1 aromatic rings. The first-order valence-electron chi connectivity index (χ1n) is 7.60. The molecule has 0 spiro atoms. The first kappa shape index (κ1) is 15.5. The molecule has 1 saturated heterocycles. The summed E-state index contributed by atoms with van der Waals surface area (Å²) in [5.74, 6) is 6.38. The van der Waals surface area contributed by atoms with Crippen LogP contribution in [0.15, 0.2) is 18.3 Å². The molecule has 1 atom stereocenters. The standard InChI is InChI=1S/C17H22N2O2/c1-2-6-14-9-11-19(13-14)17(21)16-15(7-3-4-12-20)8-5-10-18-16/h5,8,10,14,20H,2,4,6,9,11-13H2,1H3. The average molecular weight is 286 g/mol. The van der Waals surface area contributed by atoms with Crippen LogP contribution in [0, 0.1) is 17.8 Å². The Morgan fingerprint density at radius 3 is 3.19 bits per heavy atom. The molecule has 21 heavy (non-hydrogen) atoms. The Hall–Kier alpha value is -1.86. The monoisotopic (exact) mass is 286 g/mol. The van der Waals surface area contributed by atoms with Crippen molar-refractivity contribution in [1.82, 2.24) is 9.88 Å². The van der Waals surface area contributed by atoms with Gasteiger partial charge in [0.2, 0.25) is 0 Å². The molecule has 4 nitrogen and oxygen atoms in total. The van der Waals surface area contributed by atoms with E-state index >= 15 is 0 Å². The quantitative estimate of drug-likeness (QED) is 0.862. The summed E-state index contributed by atoms with van der Waals surface area (Å²) in [4.78, 5) is 18.7. The molecule has 0 aliphatic carbocycles. The zero-order chi connectivity index (χ0) is 15.1. The summed E-state index contributed by atoms with van der Waals surface area (Å²) in [5, 5.41) is 8.78. The molecule has 1 unspecified atom stereocenters. The van der Waals surface area contributed by atoms with Crippen molar-refractivity contribution in [2.45, 2.75) is 32.6 Å². The normalized spacial score (nSPS) is 17.4. The second kappa shape index (κ2) is 7.80. The van der Waals surface area contributed by atoms with Gasteiger partial charge in [0.1, 0.15) is 5.69 Å². The molecule has 1 N–H and O–H groups in total. The van der Waals surface area contributed by atoms with Gasteiger partial charge in [-0.15, -0.1) is 0 Å². The van der Waals surface area contributed by atoms with E-state index in [2.05, 4.69) is 23.7 Å². The minimum absolute atomic E-state index is 0.0255. The molecule has 1 aliphatic heterocycles. The van der Waals surface area contributed by atoms with Crippen LogP contribution in [0.5, 0.6) is 0 Å². The summed E-state index contributed by atoms with van der Waals surface area (Å²) in [6.45, 7) is 3.84. The minimum Gasteiger partial charge on any atom is -0.395 e. The van der Waals surface area contributed by atoms with Gasteiger partial charge in [-0.3, -0.25) is 4.79 Å². The number of hydrogen-bond donors (Lipinski definition) is 1. The molecule has 1 aliphatic rings. The molecule has 2 heterocycles. The third-order valence-corrected chi connectivity index (χ3v) is 3.74. The van der Waals surface area contributed by atoms with Crippen LogP contribution < -0.4 is 0 Å². The van der Waals surface area contributed by atoms with E-state index in [1.54, 1.807) is 12.3 Å². The van der Waals surface area contributed by atoms with Crippen molar-refractivity contribution in [3.8, 4) is 11.8 Å². The van der Waals surface area contributed by atoms with Crippen LogP contribution in [0.25, 0.3) is 0 Å². The highest BCUT2D eigenvalue weighted by Crippen LogP contribution is 2.22. The number of aliphatic hydroxyl groups is 1. The second-order valence-electron chi connectivity index (χ2n) is 5.37. The van der Waals surface area contributed by atoms with Crippen molar-refractivity contribution in [1.29, 1.82) is 0 Å². The van der Waals surface area contributed by atoms with E-state index in [1.165, 1.54) is 6.42 Å². The van der Waals surface area contributed by atoms with Crippen molar-refractivity contribution >= 4 is 5.91 Å². The van der Waals surface area contributed by atoms with Gasteiger partial charge in [-0.1, -0.05) is 25.2 Å². The van der Waals surface area contributed by atoms with Gasteiger partial charge in [-0.05, 0) is 30.9 Å². The van der Waals surface area contributed by atoms with Crippen molar-refractivity contribution in [3.05, 3.63) is 29.6 Å². The fourth-order valence-corrected chi connectivity index (χ4v) is 2.70. The first-order chi connectivity index (χ1) is 10.3. The van der Waals surface area contributed by atoms with Crippen molar-refractivity contribution in [2.24, 2.45) is 5.92 Å². The number of aliphatic hydroxyl groups excluding tert-OH is 1. The summed E-state index contributed by atoms with van der Waals surface area (Å²) >= 11 is 0.